The van der Waals surface area contributed by atoms with Crippen molar-refractivity contribution in [2.45, 2.75) is 6.92 Å². The number of ether oxygens (including phenoxy) is 1. The van der Waals surface area contributed by atoms with E-state index in [1.807, 2.05) is 30.3 Å². The van der Waals surface area contributed by atoms with Crippen molar-refractivity contribution in [1.29, 1.82) is 0 Å². The van der Waals surface area contributed by atoms with Crippen LogP contribution in [0.5, 0.6) is 5.75 Å². The molecule has 7 heteroatoms. The number of aromatic amines is 2. The van der Waals surface area contributed by atoms with Crippen LogP contribution in [0.15, 0.2) is 73.1 Å². The number of methoxy groups -OCH3 is 1. The molecule has 0 aliphatic rings. The predicted octanol–water partition coefficient (Wildman–Crippen LogP) is 5.55. The van der Waals surface area contributed by atoms with Gasteiger partial charge in [0.2, 0.25) is 0 Å². The minimum absolute atomic E-state index is 0.671. The summed E-state index contributed by atoms with van der Waals surface area (Å²) in [5, 5.41) is 7.60. The average Bonchev–Trinajstić information content (AvgIpc) is 3.47. The van der Waals surface area contributed by atoms with Crippen molar-refractivity contribution in [1.82, 2.24) is 30.1 Å². The van der Waals surface area contributed by atoms with Gasteiger partial charge in [-0.1, -0.05) is 42.0 Å². The average molecular weight is 432 g/mol. The van der Waals surface area contributed by atoms with Crippen molar-refractivity contribution in [2.24, 2.45) is 0 Å². The monoisotopic (exact) mass is 432 g/mol. The molecule has 160 valence electrons. The fraction of sp³-hybridized carbons (Fsp3) is 0.0769. The lowest BCUT2D eigenvalue weighted by Gasteiger charge is -2.04. The smallest absolute Gasteiger partial charge is 0.161 e. The highest BCUT2D eigenvalue weighted by molar-refractivity contribution is 5.96. The molecular formula is C26H20N6O. The maximum absolute atomic E-state index is 5.31. The Bertz CT molecular complexity index is 1630. The number of para-hydroxylation sites is 1. The van der Waals surface area contributed by atoms with Crippen LogP contribution in [0.2, 0.25) is 0 Å². The lowest BCUT2D eigenvalue weighted by Crippen LogP contribution is -1.89. The molecule has 6 aromatic rings. The molecule has 6 rings (SSSR count). The van der Waals surface area contributed by atoms with Crippen molar-refractivity contribution >= 4 is 22.1 Å². The minimum Gasteiger partial charge on any atom is -0.495 e. The molecule has 2 N–H and O–H groups in total. The van der Waals surface area contributed by atoms with Gasteiger partial charge in [-0.25, -0.2) is 9.97 Å². The van der Waals surface area contributed by atoms with Gasteiger partial charge < -0.3 is 9.72 Å². The van der Waals surface area contributed by atoms with Crippen molar-refractivity contribution in [3.8, 4) is 39.7 Å². The summed E-state index contributed by atoms with van der Waals surface area (Å²) in [5.41, 5.74) is 9.19. The van der Waals surface area contributed by atoms with Gasteiger partial charge in [0.15, 0.2) is 11.5 Å². The number of nitrogens with one attached hydrogen (secondary N) is 2. The second-order valence-corrected chi connectivity index (χ2v) is 7.93. The first-order chi connectivity index (χ1) is 16.2. The van der Waals surface area contributed by atoms with Crippen molar-refractivity contribution in [2.75, 3.05) is 7.11 Å². The van der Waals surface area contributed by atoms with Crippen LogP contribution in [0.1, 0.15) is 5.56 Å². The van der Waals surface area contributed by atoms with E-state index in [4.69, 9.17) is 14.7 Å². The highest BCUT2D eigenvalue weighted by Crippen LogP contribution is 2.32. The topological polar surface area (TPSA) is 92.4 Å². The number of rotatable bonds is 4. The molecule has 4 heterocycles. The van der Waals surface area contributed by atoms with E-state index in [9.17, 15) is 0 Å². The Morgan fingerprint density at radius 2 is 1.73 bits per heavy atom. The van der Waals surface area contributed by atoms with E-state index in [1.54, 1.807) is 19.5 Å². The summed E-state index contributed by atoms with van der Waals surface area (Å²) in [5.74, 6) is 1.35. The van der Waals surface area contributed by atoms with Gasteiger partial charge in [-0.2, -0.15) is 5.10 Å². The standard InChI is InChI=1S/C26H20N6O/c1-15-5-3-6-16(11-15)19-7-4-8-21-23(19)30-26(29-21)25-24-22(31-32-25)10-9-20(28-24)17-12-18(33-2)14-27-13-17/h3-14H,1-2H3,(H,29,30)(H,31,32). The number of aromatic nitrogens is 6. The van der Waals surface area contributed by atoms with Crippen molar-refractivity contribution in [3.63, 3.8) is 0 Å². The highest BCUT2D eigenvalue weighted by Gasteiger charge is 2.17. The van der Waals surface area contributed by atoms with Gasteiger partial charge in [0, 0.05) is 17.3 Å². The summed E-state index contributed by atoms with van der Waals surface area (Å²) in [6.45, 7) is 2.09. The third-order valence-corrected chi connectivity index (χ3v) is 5.72. The molecular weight excluding hydrogens is 412 g/mol. The van der Waals surface area contributed by atoms with Crippen LogP contribution in [0.3, 0.4) is 0 Å². The molecule has 0 atom stereocenters. The lowest BCUT2D eigenvalue weighted by molar-refractivity contribution is 0.413. The summed E-state index contributed by atoms with van der Waals surface area (Å²) >= 11 is 0. The van der Waals surface area contributed by atoms with Crippen LogP contribution in [0.4, 0.5) is 0 Å². The van der Waals surface area contributed by atoms with Gasteiger partial charge in [0.05, 0.1) is 35.6 Å². The lowest BCUT2D eigenvalue weighted by atomic mass is 10.0. The molecule has 0 aliphatic carbocycles. The first kappa shape index (κ1) is 19.2. The summed E-state index contributed by atoms with van der Waals surface area (Å²) in [6.07, 6.45) is 3.44. The Morgan fingerprint density at radius 3 is 2.61 bits per heavy atom. The number of benzene rings is 2. The van der Waals surface area contributed by atoms with E-state index in [2.05, 4.69) is 57.4 Å². The first-order valence-electron chi connectivity index (χ1n) is 10.6. The summed E-state index contributed by atoms with van der Waals surface area (Å²) < 4.78 is 5.31. The Labute approximate surface area is 189 Å². The predicted molar refractivity (Wildman–Crippen MR) is 129 cm³/mol. The Balaban J connectivity index is 1.49. The van der Waals surface area contributed by atoms with E-state index in [0.29, 0.717) is 17.3 Å². The van der Waals surface area contributed by atoms with Crippen LogP contribution in [0.25, 0.3) is 56.0 Å². The number of hydrogen-bond acceptors (Lipinski definition) is 5. The normalized spacial score (nSPS) is 11.3. The molecule has 0 spiro atoms. The first-order valence-corrected chi connectivity index (χ1v) is 10.6. The van der Waals surface area contributed by atoms with Crippen LogP contribution in [0, 0.1) is 6.92 Å². The van der Waals surface area contributed by atoms with Gasteiger partial charge >= 0.3 is 0 Å². The zero-order valence-electron chi connectivity index (χ0n) is 18.1. The molecule has 0 saturated heterocycles. The van der Waals surface area contributed by atoms with E-state index in [1.165, 1.54) is 5.56 Å². The Kier molecular flexibility index (Phi) is 4.40. The second-order valence-electron chi connectivity index (χ2n) is 7.93. The van der Waals surface area contributed by atoms with Gasteiger partial charge in [-0.15, -0.1) is 0 Å². The molecule has 33 heavy (non-hydrogen) atoms. The molecule has 0 amide bonds. The third-order valence-electron chi connectivity index (χ3n) is 5.72. The van der Waals surface area contributed by atoms with Crippen LogP contribution < -0.4 is 4.74 Å². The highest BCUT2D eigenvalue weighted by atomic mass is 16.5. The third kappa shape index (κ3) is 3.30. The maximum Gasteiger partial charge on any atom is 0.161 e. The van der Waals surface area contributed by atoms with Gasteiger partial charge in [-0.3, -0.25) is 10.1 Å². The van der Waals surface area contributed by atoms with E-state index in [-0.39, 0.29) is 0 Å². The molecule has 0 radical (unpaired) electrons. The van der Waals surface area contributed by atoms with Crippen molar-refractivity contribution in [3.05, 3.63) is 78.6 Å². The molecule has 0 bridgehead atoms. The zero-order chi connectivity index (χ0) is 22.4. The van der Waals surface area contributed by atoms with E-state index in [0.717, 1.165) is 44.5 Å². The molecule has 0 aliphatic heterocycles. The van der Waals surface area contributed by atoms with E-state index >= 15 is 0 Å². The van der Waals surface area contributed by atoms with E-state index < -0.39 is 0 Å². The number of imidazole rings is 1. The molecule has 0 unspecified atom stereocenters. The van der Waals surface area contributed by atoms with Gasteiger partial charge in [0.25, 0.3) is 0 Å². The molecule has 4 aromatic heterocycles. The Hall–Kier alpha value is -4.52. The molecule has 2 aromatic carbocycles. The Morgan fingerprint density at radius 1 is 0.818 bits per heavy atom. The number of aryl methyl sites for hydroxylation is 1. The largest absolute Gasteiger partial charge is 0.495 e. The number of fused-ring (bicyclic) bond motifs is 2. The minimum atomic E-state index is 0.671. The number of nitrogens with zero attached hydrogens (tertiary/aromatic N) is 4. The summed E-state index contributed by atoms with van der Waals surface area (Å²) in [4.78, 5) is 17.5. The number of pyridine rings is 2. The van der Waals surface area contributed by atoms with Gasteiger partial charge in [0.1, 0.15) is 11.3 Å². The quantitative estimate of drug-likeness (QED) is 0.381. The molecule has 7 nitrogen and oxygen atoms in total. The van der Waals surface area contributed by atoms with Crippen LogP contribution >= 0.6 is 0 Å². The SMILES string of the molecule is COc1cncc(-c2ccc3[nH]nc(-c4nc5c(-c6cccc(C)c6)cccc5[nH]4)c3n2)c1. The maximum atomic E-state index is 5.31. The molecule has 0 fully saturated rings. The number of H-pyrrole nitrogens is 2. The fourth-order valence-electron chi connectivity index (χ4n) is 4.09. The number of hydrogen-bond donors (Lipinski definition) is 2. The summed E-state index contributed by atoms with van der Waals surface area (Å²) in [7, 11) is 1.62. The second kappa shape index (κ2) is 7.56. The van der Waals surface area contributed by atoms with Crippen LogP contribution in [-0.2, 0) is 0 Å². The van der Waals surface area contributed by atoms with Gasteiger partial charge in [-0.05, 0) is 36.8 Å². The summed E-state index contributed by atoms with van der Waals surface area (Å²) in [6, 6.07) is 20.4. The molecule has 0 saturated carbocycles. The zero-order valence-corrected chi connectivity index (χ0v) is 18.1. The van der Waals surface area contributed by atoms with Crippen LogP contribution in [-0.4, -0.2) is 37.2 Å². The fourth-order valence-corrected chi connectivity index (χ4v) is 4.09. The van der Waals surface area contributed by atoms with Crippen molar-refractivity contribution < 1.29 is 4.74 Å².